The van der Waals surface area contributed by atoms with Crippen molar-refractivity contribution >= 4 is 11.8 Å². The van der Waals surface area contributed by atoms with Gasteiger partial charge in [0.1, 0.15) is 0 Å². The fourth-order valence-corrected chi connectivity index (χ4v) is 3.64. The first-order valence-electron chi connectivity index (χ1n) is 4.55. The van der Waals surface area contributed by atoms with Crippen molar-refractivity contribution in [2.75, 3.05) is 5.75 Å². The summed E-state index contributed by atoms with van der Waals surface area (Å²) in [6.07, 6.45) is 5.26. The molecule has 3 atom stereocenters. The highest BCUT2D eigenvalue weighted by atomic mass is 32.2. The number of thioether (sulfide) groups is 1. The van der Waals surface area contributed by atoms with E-state index in [0.717, 1.165) is 17.1 Å². The van der Waals surface area contributed by atoms with E-state index in [0.29, 0.717) is 0 Å². The predicted octanol–water partition coefficient (Wildman–Crippen LogP) is 3.09. The molecule has 2 rings (SSSR count). The highest BCUT2D eigenvalue weighted by Gasteiger charge is 2.30. The van der Waals surface area contributed by atoms with Crippen molar-refractivity contribution in [2.45, 2.75) is 31.9 Å². The summed E-state index contributed by atoms with van der Waals surface area (Å²) in [5, 5.41) is 0.880. The first kappa shape index (κ1) is 7.72. The molecular weight excluding hydrogens is 152 g/mol. The van der Waals surface area contributed by atoms with Crippen LogP contribution in [0.2, 0.25) is 0 Å². The summed E-state index contributed by atoms with van der Waals surface area (Å²) in [5.74, 6) is 3.35. The summed E-state index contributed by atoms with van der Waals surface area (Å²) >= 11 is 2.17. The Bertz CT molecular complexity index is 183. The maximum absolute atomic E-state index is 2.46. The van der Waals surface area contributed by atoms with Crippen molar-refractivity contribution in [3.05, 3.63) is 11.6 Å². The molecule has 0 unspecified atom stereocenters. The van der Waals surface area contributed by atoms with E-state index in [9.17, 15) is 0 Å². The van der Waals surface area contributed by atoms with Crippen LogP contribution in [0.5, 0.6) is 0 Å². The second-order valence-electron chi connectivity index (χ2n) is 3.98. The van der Waals surface area contributed by atoms with E-state index in [1.54, 1.807) is 5.57 Å². The van der Waals surface area contributed by atoms with Crippen molar-refractivity contribution < 1.29 is 0 Å². The van der Waals surface area contributed by atoms with E-state index in [2.05, 4.69) is 31.7 Å². The van der Waals surface area contributed by atoms with Gasteiger partial charge in [-0.3, -0.25) is 0 Å². The van der Waals surface area contributed by atoms with Gasteiger partial charge in [-0.05, 0) is 37.4 Å². The molecule has 0 amide bonds. The first-order chi connectivity index (χ1) is 5.27. The van der Waals surface area contributed by atoms with Crippen LogP contribution in [0.4, 0.5) is 0 Å². The lowest BCUT2D eigenvalue weighted by molar-refractivity contribution is 0.347. The second-order valence-corrected chi connectivity index (χ2v) is 5.21. The highest BCUT2D eigenvalue weighted by molar-refractivity contribution is 8.00. The number of rotatable bonds is 0. The Kier molecular flexibility index (Phi) is 2.00. The lowest BCUT2D eigenvalue weighted by Gasteiger charge is -2.37. The molecule has 0 radical (unpaired) electrons. The van der Waals surface area contributed by atoms with Crippen LogP contribution in [0.3, 0.4) is 0 Å². The molecule has 0 aromatic heterocycles. The smallest absolute Gasteiger partial charge is 0.0256 e. The van der Waals surface area contributed by atoms with Crippen LogP contribution < -0.4 is 0 Å². The summed E-state index contributed by atoms with van der Waals surface area (Å²) in [5.41, 5.74) is 1.64. The molecule has 0 saturated carbocycles. The zero-order valence-electron chi connectivity index (χ0n) is 7.34. The molecule has 1 saturated heterocycles. The molecule has 62 valence electrons. The third-order valence-corrected chi connectivity index (χ3v) is 4.82. The Morgan fingerprint density at radius 2 is 2.36 bits per heavy atom. The molecule has 11 heavy (non-hydrogen) atoms. The van der Waals surface area contributed by atoms with Crippen molar-refractivity contribution in [1.29, 1.82) is 0 Å². The molecule has 2 aliphatic rings. The van der Waals surface area contributed by atoms with Crippen molar-refractivity contribution in [3.8, 4) is 0 Å². The molecular formula is C10H16S. The molecule has 1 aliphatic heterocycles. The molecule has 1 heterocycles. The van der Waals surface area contributed by atoms with Crippen LogP contribution in [0.15, 0.2) is 11.6 Å². The van der Waals surface area contributed by atoms with Gasteiger partial charge in [0.15, 0.2) is 0 Å². The van der Waals surface area contributed by atoms with Gasteiger partial charge < -0.3 is 0 Å². The van der Waals surface area contributed by atoms with Crippen molar-refractivity contribution in [1.82, 2.24) is 0 Å². The second kappa shape index (κ2) is 2.85. The van der Waals surface area contributed by atoms with E-state index < -0.39 is 0 Å². The molecule has 0 nitrogen and oxygen atoms in total. The lowest BCUT2D eigenvalue weighted by Crippen LogP contribution is -2.29. The topological polar surface area (TPSA) is 0 Å². The molecule has 0 aromatic rings. The Morgan fingerprint density at radius 1 is 1.55 bits per heavy atom. The zero-order chi connectivity index (χ0) is 7.84. The van der Waals surface area contributed by atoms with Gasteiger partial charge in [-0.1, -0.05) is 18.6 Å². The number of fused-ring (bicyclic) bond motifs is 2. The molecule has 0 aromatic carbocycles. The summed E-state index contributed by atoms with van der Waals surface area (Å²) in [6.45, 7) is 4.70. The Labute approximate surface area is 73.4 Å². The average molecular weight is 168 g/mol. The number of hydrogen-bond acceptors (Lipinski definition) is 1. The number of hydrogen-bond donors (Lipinski definition) is 0. The van der Waals surface area contributed by atoms with E-state index in [4.69, 9.17) is 0 Å². The lowest BCUT2D eigenvalue weighted by atomic mass is 9.82. The van der Waals surface area contributed by atoms with Gasteiger partial charge in [-0.15, -0.1) is 0 Å². The molecule has 1 fully saturated rings. The van der Waals surface area contributed by atoms with Gasteiger partial charge in [-0.2, -0.15) is 11.8 Å². The molecule has 1 aliphatic carbocycles. The van der Waals surface area contributed by atoms with E-state index in [-0.39, 0.29) is 0 Å². The van der Waals surface area contributed by atoms with Crippen LogP contribution in [0, 0.1) is 11.8 Å². The van der Waals surface area contributed by atoms with Gasteiger partial charge in [0, 0.05) is 5.25 Å². The number of allylic oxidation sites excluding steroid dienone is 1. The van der Waals surface area contributed by atoms with Crippen LogP contribution in [-0.2, 0) is 0 Å². The zero-order valence-corrected chi connectivity index (χ0v) is 8.16. The predicted molar refractivity (Wildman–Crippen MR) is 51.9 cm³/mol. The van der Waals surface area contributed by atoms with Crippen molar-refractivity contribution in [2.24, 2.45) is 11.8 Å². The first-order valence-corrected chi connectivity index (χ1v) is 5.60. The Morgan fingerprint density at radius 3 is 3.18 bits per heavy atom. The fourth-order valence-electron chi connectivity index (χ4n) is 2.09. The molecule has 2 bridgehead atoms. The highest BCUT2D eigenvalue weighted by Crippen LogP contribution is 2.42. The van der Waals surface area contributed by atoms with E-state index in [1.807, 2.05) is 0 Å². The maximum atomic E-state index is 2.46. The summed E-state index contributed by atoms with van der Waals surface area (Å²) in [4.78, 5) is 0. The summed E-state index contributed by atoms with van der Waals surface area (Å²) < 4.78 is 0. The largest absolute Gasteiger partial charge is 0.154 e. The standard InChI is InChI=1S/C10H16S/c1-7-3-4-9-5-10(7)11-6-8(9)2/h3,8-10H,4-6H2,1-2H3/t8-,9-,10-/m0/s1. The third kappa shape index (κ3) is 1.35. The fraction of sp³-hybridized carbons (Fsp3) is 0.800. The minimum absolute atomic E-state index is 0.880. The van der Waals surface area contributed by atoms with Crippen molar-refractivity contribution in [3.63, 3.8) is 0 Å². The van der Waals surface area contributed by atoms with Gasteiger partial charge in [-0.25, -0.2) is 0 Å². The minimum Gasteiger partial charge on any atom is -0.154 e. The van der Waals surface area contributed by atoms with Gasteiger partial charge in [0.2, 0.25) is 0 Å². The van der Waals surface area contributed by atoms with Crippen LogP contribution in [0.25, 0.3) is 0 Å². The van der Waals surface area contributed by atoms with Gasteiger partial charge in [0.25, 0.3) is 0 Å². The normalized spacial score (nSPS) is 43.5. The van der Waals surface area contributed by atoms with E-state index >= 15 is 0 Å². The maximum Gasteiger partial charge on any atom is 0.0256 e. The molecule has 0 spiro atoms. The SMILES string of the molecule is CC1=CC[C@H]2C[C@@H]1SC[C@@H]2C. The van der Waals surface area contributed by atoms with Gasteiger partial charge >= 0.3 is 0 Å². The van der Waals surface area contributed by atoms with Crippen LogP contribution >= 0.6 is 11.8 Å². The van der Waals surface area contributed by atoms with Gasteiger partial charge in [0.05, 0.1) is 0 Å². The monoisotopic (exact) mass is 168 g/mol. The molecule has 0 N–H and O–H groups in total. The summed E-state index contributed by atoms with van der Waals surface area (Å²) in [6, 6.07) is 0. The minimum atomic E-state index is 0.880. The average Bonchev–Trinajstić information content (AvgIpc) is 2.02. The van der Waals surface area contributed by atoms with Crippen LogP contribution in [-0.4, -0.2) is 11.0 Å². The summed E-state index contributed by atoms with van der Waals surface area (Å²) in [7, 11) is 0. The molecule has 1 heteroatoms. The van der Waals surface area contributed by atoms with E-state index in [1.165, 1.54) is 18.6 Å². The Hall–Kier alpha value is 0.0900. The quantitative estimate of drug-likeness (QED) is 0.501. The van der Waals surface area contributed by atoms with Crippen LogP contribution in [0.1, 0.15) is 26.7 Å². The Balaban J connectivity index is 2.15. The third-order valence-electron chi connectivity index (χ3n) is 3.13.